The number of carbonyl (C=O) groups excluding carboxylic acids is 1. The fourth-order valence-electron chi connectivity index (χ4n) is 0.733. The molecule has 1 heterocycles. The third-order valence-electron chi connectivity index (χ3n) is 1.21. The first-order valence-electron chi connectivity index (χ1n) is 3.64. The second-order valence-corrected chi connectivity index (χ2v) is 3.57. The SMILES string of the molecule is Nc1csc(CC(=O)OCCCl)n1. The number of anilines is 1. The smallest absolute Gasteiger partial charge is 0.312 e. The molecule has 0 aliphatic heterocycles. The minimum Gasteiger partial charge on any atom is -0.464 e. The normalized spacial score (nSPS) is 9.92. The van der Waals surface area contributed by atoms with Gasteiger partial charge < -0.3 is 10.5 Å². The topological polar surface area (TPSA) is 65.2 Å². The number of aromatic nitrogens is 1. The van der Waals surface area contributed by atoms with E-state index in [4.69, 9.17) is 22.1 Å². The molecule has 0 fully saturated rings. The molecule has 0 unspecified atom stereocenters. The molecule has 0 aliphatic carbocycles. The number of nitrogens with two attached hydrogens (primary N) is 1. The molecule has 0 spiro atoms. The highest BCUT2D eigenvalue weighted by Gasteiger charge is 2.07. The lowest BCUT2D eigenvalue weighted by Gasteiger charge is -1.98. The van der Waals surface area contributed by atoms with Gasteiger partial charge in [-0.1, -0.05) is 0 Å². The van der Waals surface area contributed by atoms with Crippen LogP contribution in [0.5, 0.6) is 0 Å². The van der Waals surface area contributed by atoms with Crippen LogP contribution in [0, 0.1) is 0 Å². The van der Waals surface area contributed by atoms with Gasteiger partial charge in [-0.05, 0) is 0 Å². The number of thiazole rings is 1. The number of nitrogens with zero attached hydrogens (tertiary/aromatic N) is 1. The van der Waals surface area contributed by atoms with Crippen molar-refractivity contribution in [3.63, 3.8) is 0 Å². The summed E-state index contributed by atoms with van der Waals surface area (Å²) >= 11 is 6.68. The van der Waals surface area contributed by atoms with Crippen molar-refractivity contribution in [2.75, 3.05) is 18.2 Å². The maximum atomic E-state index is 11.0. The fraction of sp³-hybridized carbons (Fsp3) is 0.429. The molecule has 0 atom stereocenters. The van der Waals surface area contributed by atoms with Gasteiger partial charge in [0.25, 0.3) is 0 Å². The van der Waals surface area contributed by atoms with E-state index >= 15 is 0 Å². The zero-order chi connectivity index (χ0) is 9.68. The maximum absolute atomic E-state index is 11.0. The van der Waals surface area contributed by atoms with Gasteiger partial charge in [-0.15, -0.1) is 22.9 Å². The molecule has 1 rings (SSSR count). The van der Waals surface area contributed by atoms with Crippen LogP contribution in [-0.2, 0) is 16.0 Å². The highest BCUT2D eigenvalue weighted by atomic mass is 35.5. The standard InChI is InChI=1S/C7H9ClN2O2S/c8-1-2-12-7(11)3-6-10-5(9)4-13-6/h4H,1-3,9H2. The molecule has 0 aliphatic rings. The summed E-state index contributed by atoms with van der Waals surface area (Å²) in [6.07, 6.45) is 0.165. The average molecular weight is 221 g/mol. The molecule has 2 N–H and O–H groups in total. The van der Waals surface area contributed by atoms with Crippen molar-refractivity contribution in [2.24, 2.45) is 0 Å². The van der Waals surface area contributed by atoms with Gasteiger partial charge in [-0.2, -0.15) is 0 Å². The minimum absolute atomic E-state index is 0.165. The Labute approximate surface area is 84.7 Å². The molecular formula is C7H9ClN2O2S. The Bertz CT molecular complexity index is 290. The highest BCUT2D eigenvalue weighted by Crippen LogP contribution is 2.11. The summed E-state index contributed by atoms with van der Waals surface area (Å²) < 4.78 is 4.76. The van der Waals surface area contributed by atoms with Gasteiger partial charge in [-0.25, -0.2) is 4.98 Å². The molecule has 13 heavy (non-hydrogen) atoms. The number of carbonyl (C=O) groups is 1. The van der Waals surface area contributed by atoms with E-state index < -0.39 is 0 Å². The van der Waals surface area contributed by atoms with Gasteiger partial charge in [0.2, 0.25) is 0 Å². The Morgan fingerprint density at radius 3 is 3.08 bits per heavy atom. The molecule has 0 radical (unpaired) electrons. The lowest BCUT2D eigenvalue weighted by molar-refractivity contribution is -0.142. The summed E-state index contributed by atoms with van der Waals surface area (Å²) in [4.78, 5) is 14.9. The second-order valence-electron chi connectivity index (χ2n) is 2.25. The summed E-state index contributed by atoms with van der Waals surface area (Å²) in [7, 11) is 0. The Morgan fingerprint density at radius 2 is 2.54 bits per heavy atom. The van der Waals surface area contributed by atoms with Crippen molar-refractivity contribution in [2.45, 2.75) is 6.42 Å². The lowest BCUT2D eigenvalue weighted by atomic mass is 10.4. The van der Waals surface area contributed by atoms with E-state index in [1.54, 1.807) is 5.38 Å². The van der Waals surface area contributed by atoms with Crippen LogP contribution >= 0.6 is 22.9 Å². The molecule has 6 heteroatoms. The molecule has 0 aromatic carbocycles. The molecule has 4 nitrogen and oxygen atoms in total. The van der Waals surface area contributed by atoms with Gasteiger partial charge in [0.1, 0.15) is 17.4 Å². The molecule has 72 valence electrons. The van der Waals surface area contributed by atoms with Crippen molar-refractivity contribution in [3.05, 3.63) is 10.4 Å². The number of hydrogen-bond donors (Lipinski definition) is 1. The number of rotatable bonds is 4. The Hall–Kier alpha value is -0.810. The summed E-state index contributed by atoms with van der Waals surface area (Å²) in [6, 6.07) is 0. The van der Waals surface area contributed by atoms with Crippen LogP contribution in [0.2, 0.25) is 0 Å². The van der Waals surface area contributed by atoms with Crippen molar-refractivity contribution >= 4 is 34.7 Å². The predicted octanol–water partition coefficient (Wildman–Crippen LogP) is 1.05. The average Bonchev–Trinajstić information content (AvgIpc) is 2.48. The molecular weight excluding hydrogens is 212 g/mol. The minimum atomic E-state index is -0.324. The van der Waals surface area contributed by atoms with Crippen molar-refractivity contribution in [1.82, 2.24) is 4.98 Å². The quantitative estimate of drug-likeness (QED) is 0.609. The molecule has 0 saturated carbocycles. The highest BCUT2D eigenvalue weighted by molar-refractivity contribution is 7.10. The Balaban J connectivity index is 2.36. The molecule has 0 saturated heterocycles. The van der Waals surface area contributed by atoms with E-state index in [9.17, 15) is 4.79 Å². The number of hydrogen-bond acceptors (Lipinski definition) is 5. The van der Waals surface area contributed by atoms with Crippen LogP contribution in [0.25, 0.3) is 0 Å². The number of esters is 1. The zero-order valence-electron chi connectivity index (χ0n) is 6.83. The third kappa shape index (κ3) is 3.61. The first kappa shape index (κ1) is 10.3. The largest absolute Gasteiger partial charge is 0.464 e. The van der Waals surface area contributed by atoms with Crippen molar-refractivity contribution < 1.29 is 9.53 Å². The summed E-state index contributed by atoms with van der Waals surface area (Å²) in [5.74, 6) is 0.423. The molecule has 0 amide bonds. The van der Waals surface area contributed by atoms with Crippen LogP contribution in [0.4, 0.5) is 5.82 Å². The third-order valence-corrected chi connectivity index (χ3v) is 2.23. The van der Waals surface area contributed by atoms with E-state index in [0.29, 0.717) is 16.7 Å². The van der Waals surface area contributed by atoms with Crippen molar-refractivity contribution in [1.29, 1.82) is 0 Å². The first-order valence-corrected chi connectivity index (χ1v) is 5.05. The van der Waals surface area contributed by atoms with Crippen LogP contribution in [-0.4, -0.2) is 23.4 Å². The molecule has 0 bridgehead atoms. The molecule has 1 aromatic heterocycles. The van der Waals surface area contributed by atoms with Crippen LogP contribution < -0.4 is 5.73 Å². The fourth-order valence-corrected chi connectivity index (χ4v) is 1.48. The predicted molar refractivity (Wildman–Crippen MR) is 51.9 cm³/mol. The number of ether oxygens (including phenoxy) is 1. The van der Waals surface area contributed by atoms with E-state index in [0.717, 1.165) is 0 Å². The van der Waals surface area contributed by atoms with E-state index in [1.165, 1.54) is 11.3 Å². The Kier molecular flexibility index (Phi) is 3.98. The second kappa shape index (κ2) is 5.04. The maximum Gasteiger partial charge on any atom is 0.312 e. The van der Waals surface area contributed by atoms with Crippen molar-refractivity contribution in [3.8, 4) is 0 Å². The summed E-state index contributed by atoms with van der Waals surface area (Å²) in [5.41, 5.74) is 5.38. The van der Waals surface area contributed by atoms with Gasteiger partial charge in [0, 0.05) is 5.38 Å². The first-order chi connectivity index (χ1) is 6.22. The summed E-state index contributed by atoms with van der Waals surface area (Å²) in [5, 5.41) is 2.35. The van der Waals surface area contributed by atoms with Gasteiger partial charge in [0.15, 0.2) is 0 Å². The zero-order valence-corrected chi connectivity index (χ0v) is 8.40. The van der Waals surface area contributed by atoms with Gasteiger partial charge >= 0.3 is 5.97 Å². The van der Waals surface area contributed by atoms with E-state index in [2.05, 4.69) is 4.98 Å². The number of alkyl halides is 1. The van der Waals surface area contributed by atoms with E-state index in [1.807, 2.05) is 0 Å². The lowest BCUT2D eigenvalue weighted by Crippen LogP contribution is -2.09. The van der Waals surface area contributed by atoms with Crippen LogP contribution in [0.3, 0.4) is 0 Å². The van der Waals surface area contributed by atoms with Crippen LogP contribution in [0.1, 0.15) is 5.01 Å². The van der Waals surface area contributed by atoms with E-state index in [-0.39, 0.29) is 19.0 Å². The van der Waals surface area contributed by atoms with Gasteiger partial charge in [0.05, 0.1) is 12.3 Å². The summed E-state index contributed by atoms with van der Waals surface area (Å²) in [6.45, 7) is 0.237. The number of nitrogen functional groups attached to an aromatic ring is 1. The Morgan fingerprint density at radius 1 is 1.77 bits per heavy atom. The van der Waals surface area contributed by atoms with Gasteiger partial charge in [-0.3, -0.25) is 4.79 Å². The number of halogens is 1. The molecule has 1 aromatic rings. The van der Waals surface area contributed by atoms with Crippen LogP contribution in [0.15, 0.2) is 5.38 Å². The monoisotopic (exact) mass is 220 g/mol.